The van der Waals surface area contributed by atoms with Gasteiger partial charge in [-0.05, 0) is 30.7 Å². The molecule has 0 saturated heterocycles. The highest BCUT2D eigenvalue weighted by atomic mass is 35.5. The van der Waals surface area contributed by atoms with Crippen molar-refractivity contribution in [2.24, 2.45) is 5.73 Å². The van der Waals surface area contributed by atoms with E-state index in [1.165, 1.54) is 4.88 Å². The molecular weight excluding hydrogens is 284 g/mol. The lowest BCUT2D eigenvalue weighted by molar-refractivity contribution is 1.18. The number of aryl methyl sites for hydroxylation is 1. The monoisotopic (exact) mass is 296 g/mol. The highest BCUT2D eigenvalue weighted by Crippen LogP contribution is 2.25. The predicted molar refractivity (Wildman–Crippen MR) is 83.7 cm³/mol. The minimum absolute atomic E-state index is 0.408. The maximum atomic E-state index is 5.91. The molecule has 2 rings (SSSR count). The molecule has 5 heteroatoms. The average molecular weight is 297 g/mol. The number of benzene rings is 1. The van der Waals surface area contributed by atoms with Crippen LogP contribution in [-0.4, -0.2) is 4.99 Å². The number of thiophene rings is 1. The van der Waals surface area contributed by atoms with E-state index in [0.29, 0.717) is 4.99 Å². The number of halogens is 1. The van der Waals surface area contributed by atoms with Crippen LogP contribution < -0.4 is 11.1 Å². The van der Waals surface area contributed by atoms with Crippen LogP contribution in [0.5, 0.6) is 0 Å². The fourth-order valence-corrected chi connectivity index (χ4v) is 2.93. The number of hydrogen-bond donors (Lipinski definition) is 2. The Hall–Kier alpha value is -1.10. The zero-order valence-corrected chi connectivity index (χ0v) is 12.3. The zero-order chi connectivity index (χ0) is 13.1. The van der Waals surface area contributed by atoms with Crippen LogP contribution in [0.2, 0.25) is 4.34 Å². The molecule has 0 aliphatic heterocycles. The molecule has 94 valence electrons. The lowest BCUT2D eigenvalue weighted by atomic mass is 10.1. The first-order chi connectivity index (χ1) is 8.58. The van der Waals surface area contributed by atoms with E-state index in [9.17, 15) is 0 Å². The highest BCUT2D eigenvalue weighted by molar-refractivity contribution is 7.80. The molecule has 3 N–H and O–H groups in total. The number of rotatable bonds is 4. The molecule has 2 aromatic rings. The minimum atomic E-state index is 0.408. The van der Waals surface area contributed by atoms with Gasteiger partial charge in [0.1, 0.15) is 4.99 Å². The van der Waals surface area contributed by atoms with Crippen molar-refractivity contribution in [1.82, 2.24) is 0 Å². The summed E-state index contributed by atoms with van der Waals surface area (Å²) in [5.41, 5.74) is 8.73. The topological polar surface area (TPSA) is 38.0 Å². The van der Waals surface area contributed by atoms with Crippen molar-refractivity contribution in [2.75, 3.05) is 5.32 Å². The molecule has 1 heterocycles. The van der Waals surface area contributed by atoms with E-state index in [2.05, 4.69) is 5.32 Å². The number of thiocarbonyl (C=S) groups is 1. The van der Waals surface area contributed by atoms with Crippen molar-refractivity contribution in [1.29, 1.82) is 0 Å². The Morgan fingerprint density at radius 3 is 2.78 bits per heavy atom. The number of nitrogens with two attached hydrogens (primary N) is 1. The van der Waals surface area contributed by atoms with E-state index >= 15 is 0 Å². The van der Waals surface area contributed by atoms with Gasteiger partial charge in [0.2, 0.25) is 0 Å². The second-order valence-corrected chi connectivity index (χ2v) is 6.16. The molecule has 0 unspecified atom stereocenters. The van der Waals surface area contributed by atoms with Gasteiger partial charge in [0.25, 0.3) is 0 Å². The minimum Gasteiger partial charge on any atom is -0.389 e. The maximum absolute atomic E-state index is 5.91. The van der Waals surface area contributed by atoms with Gasteiger partial charge in [-0.2, -0.15) is 0 Å². The molecule has 0 atom stereocenters. The molecule has 0 amide bonds. The molecule has 1 aromatic carbocycles. The average Bonchev–Trinajstić information content (AvgIpc) is 2.73. The van der Waals surface area contributed by atoms with E-state index in [1.54, 1.807) is 11.3 Å². The van der Waals surface area contributed by atoms with Gasteiger partial charge in [-0.3, -0.25) is 0 Å². The highest BCUT2D eigenvalue weighted by Gasteiger charge is 2.08. The fourth-order valence-electron chi connectivity index (χ4n) is 1.73. The third-order valence-corrected chi connectivity index (χ3v) is 4.06. The third-order valence-electron chi connectivity index (χ3n) is 2.61. The fraction of sp³-hybridized carbons (Fsp3) is 0.154. The Kier molecular flexibility index (Phi) is 4.22. The molecular formula is C13H13ClN2S2. The van der Waals surface area contributed by atoms with Crippen molar-refractivity contribution < 1.29 is 0 Å². The van der Waals surface area contributed by atoms with Gasteiger partial charge in [-0.25, -0.2) is 0 Å². The Morgan fingerprint density at radius 2 is 2.17 bits per heavy atom. The molecule has 0 radical (unpaired) electrons. The lowest BCUT2D eigenvalue weighted by Crippen LogP contribution is -2.13. The number of anilines is 1. The van der Waals surface area contributed by atoms with Gasteiger partial charge in [0.05, 0.1) is 4.34 Å². The predicted octanol–water partition coefficient (Wildman–Crippen LogP) is 3.96. The summed E-state index contributed by atoms with van der Waals surface area (Å²) in [5, 5.41) is 3.38. The first kappa shape index (κ1) is 13.3. The zero-order valence-electron chi connectivity index (χ0n) is 9.87. The van der Waals surface area contributed by atoms with Gasteiger partial charge in [-0.15, -0.1) is 11.3 Å². The molecule has 0 saturated carbocycles. The molecule has 1 aromatic heterocycles. The smallest absolute Gasteiger partial charge is 0.106 e. The molecule has 0 bridgehead atoms. The largest absolute Gasteiger partial charge is 0.389 e. The Balaban J connectivity index is 2.20. The molecule has 0 aliphatic carbocycles. The Morgan fingerprint density at radius 1 is 1.39 bits per heavy atom. The standard InChI is InChI=1S/C13H13ClN2S2/c1-8-3-2-4-10(13(15)17)12(8)16-7-9-5-6-11(14)18-9/h2-6,16H,7H2,1H3,(H2,15,17). The van der Waals surface area contributed by atoms with Crippen molar-refractivity contribution >= 4 is 45.8 Å². The Bertz CT molecular complexity index is 578. The van der Waals surface area contributed by atoms with Crippen molar-refractivity contribution in [3.63, 3.8) is 0 Å². The van der Waals surface area contributed by atoms with Crippen LogP contribution in [0.15, 0.2) is 30.3 Å². The summed E-state index contributed by atoms with van der Waals surface area (Å²) < 4.78 is 0.797. The van der Waals surface area contributed by atoms with E-state index in [-0.39, 0.29) is 0 Å². The van der Waals surface area contributed by atoms with E-state index in [0.717, 1.165) is 27.7 Å². The van der Waals surface area contributed by atoms with Gasteiger partial charge in [0, 0.05) is 22.7 Å². The summed E-state index contributed by atoms with van der Waals surface area (Å²) in [5.74, 6) is 0. The van der Waals surface area contributed by atoms with Crippen LogP contribution in [0.3, 0.4) is 0 Å². The quantitative estimate of drug-likeness (QED) is 0.839. The maximum Gasteiger partial charge on any atom is 0.106 e. The summed E-state index contributed by atoms with van der Waals surface area (Å²) in [4.78, 5) is 1.59. The van der Waals surface area contributed by atoms with Gasteiger partial charge in [-0.1, -0.05) is 36.0 Å². The van der Waals surface area contributed by atoms with Crippen molar-refractivity contribution in [2.45, 2.75) is 13.5 Å². The summed E-state index contributed by atoms with van der Waals surface area (Å²) in [6.45, 7) is 2.75. The molecule has 18 heavy (non-hydrogen) atoms. The van der Waals surface area contributed by atoms with Crippen LogP contribution >= 0.6 is 35.2 Å². The van der Waals surface area contributed by atoms with Gasteiger partial charge < -0.3 is 11.1 Å². The third kappa shape index (κ3) is 3.02. The molecule has 2 nitrogen and oxygen atoms in total. The SMILES string of the molecule is Cc1cccc(C(N)=S)c1NCc1ccc(Cl)s1. The Labute approximate surface area is 121 Å². The number of para-hydroxylation sites is 1. The lowest BCUT2D eigenvalue weighted by Gasteiger charge is -2.13. The first-order valence-corrected chi connectivity index (χ1v) is 7.05. The summed E-state index contributed by atoms with van der Waals surface area (Å²) in [6, 6.07) is 9.83. The van der Waals surface area contributed by atoms with E-state index in [4.69, 9.17) is 29.6 Å². The van der Waals surface area contributed by atoms with Crippen LogP contribution in [-0.2, 0) is 6.54 Å². The van der Waals surface area contributed by atoms with E-state index in [1.807, 2.05) is 37.3 Å². The molecule has 0 fully saturated rings. The summed E-state index contributed by atoms with van der Waals surface area (Å²) in [7, 11) is 0. The summed E-state index contributed by atoms with van der Waals surface area (Å²) >= 11 is 12.5. The van der Waals surface area contributed by atoms with Crippen molar-refractivity contribution in [3.05, 3.63) is 50.7 Å². The van der Waals surface area contributed by atoms with Crippen molar-refractivity contribution in [3.8, 4) is 0 Å². The summed E-state index contributed by atoms with van der Waals surface area (Å²) in [6.07, 6.45) is 0. The van der Waals surface area contributed by atoms with Crippen LogP contribution in [0.4, 0.5) is 5.69 Å². The van der Waals surface area contributed by atoms with Gasteiger partial charge in [0.15, 0.2) is 0 Å². The number of hydrogen-bond acceptors (Lipinski definition) is 3. The normalized spacial score (nSPS) is 10.3. The van der Waals surface area contributed by atoms with Crippen LogP contribution in [0, 0.1) is 6.92 Å². The molecule has 0 spiro atoms. The first-order valence-electron chi connectivity index (χ1n) is 5.45. The van der Waals surface area contributed by atoms with Crippen LogP contribution in [0.1, 0.15) is 16.0 Å². The van der Waals surface area contributed by atoms with Gasteiger partial charge >= 0.3 is 0 Å². The second-order valence-electron chi connectivity index (χ2n) is 3.92. The van der Waals surface area contributed by atoms with Crippen LogP contribution in [0.25, 0.3) is 0 Å². The molecule has 0 aliphatic rings. The van der Waals surface area contributed by atoms with E-state index < -0.39 is 0 Å². The number of nitrogens with one attached hydrogen (secondary N) is 1. The second kappa shape index (κ2) is 5.69.